The second kappa shape index (κ2) is 6.11. The lowest BCUT2D eigenvalue weighted by atomic mass is 9.79. The van der Waals surface area contributed by atoms with E-state index in [4.69, 9.17) is 5.73 Å². The van der Waals surface area contributed by atoms with Crippen molar-refractivity contribution in [1.29, 1.82) is 0 Å². The van der Waals surface area contributed by atoms with Crippen LogP contribution in [0.25, 0.3) is 0 Å². The molecule has 0 bridgehead atoms. The van der Waals surface area contributed by atoms with Crippen molar-refractivity contribution in [1.82, 2.24) is 5.32 Å². The molecule has 1 saturated carbocycles. The topological polar surface area (TPSA) is 55.1 Å². The van der Waals surface area contributed by atoms with E-state index in [1.807, 2.05) is 6.92 Å². The highest BCUT2D eigenvalue weighted by Crippen LogP contribution is 2.29. The first-order chi connectivity index (χ1) is 7.16. The van der Waals surface area contributed by atoms with Crippen LogP contribution in [0.4, 0.5) is 0 Å². The van der Waals surface area contributed by atoms with Crippen molar-refractivity contribution in [3.05, 3.63) is 0 Å². The molecule has 3 nitrogen and oxygen atoms in total. The Kier molecular flexibility index (Phi) is 5.09. The predicted octanol–water partition coefficient (Wildman–Crippen LogP) is 1.95. The lowest BCUT2D eigenvalue weighted by molar-refractivity contribution is -0.120. The van der Waals surface area contributed by atoms with Crippen LogP contribution in [0.15, 0.2) is 0 Å². The van der Waals surface area contributed by atoms with Gasteiger partial charge in [-0.05, 0) is 25.7 Å². The lowest BCUT2D eigenvalue weighted by Crippen LogP contribution is -2.42. The van der Waals surface area contributed by atoms with Crippen molar-refractivity contribution < 1.29 is 4.79 Å². The van der Waals surface area contributed by atoms with Gasteiger partial charge in [0.1, 0.15) is 0 Å². The molecule has 1 aliphatic carbocycles. The zero-order valence-corrected chi connectivity index (χ0v) is 9.85. The molecule has 0 heterocycles. The molecule has 1 amide bonds. The standard InChI is InChI=1S/C12H24N2O/c1-2-11(15)14-10-6-9-12(13)7-4-3-5-8-12/h2-10,13H2,1H3,(H,14,15). The van der Waals surface area contributed by atoms with E-state index in [2.05, 4.69) is 5.32 Å². The summed E-state index contributed by atoms with van der Waals surface area (Å²) in [5.41, 5.74) is 6.36. The van der Waals surface area contributed by atoms with Gasteiger partial charge in [-0.1, -0.05) is 26.2 Å². The van der Waals surface area contributed by atoms with E-state index in [0.29, 0.717) is 6.42 Å². The van der Waals surface area contributed by atoms with Crippen molar-refractivity contribution in [2.45, 2.75) is 63.8 Å². The molecular weight excluding hydrogens is 188 g/mol. The van der Waals surface area contributed by atoms with Crippen molar-refractivity contribution >= 4 is 5.91 Å². The first kappa shape index (κ1) is 12.5. The molecule has 0 aromatic heterocycles. The smallest absolute Gasteiger partial charge is 0.219 e. The Morgan fingerprint density at radius 1 is 1.33 bits per heavy atom. The number of hydrogen-bond acceptors (Lipinski definition) is 2. The molecule has 0 unspecified atom stereocenters. The van der Waals surface area contributed by atoms with Crippen LogP contribution in [0.5, 0.6) is 0 Å². The summed E-state index contributed by atoms with van der Waals surface area (Å²) < 4.78 is 0. The second-order valence-electron chi connectivity index (χ2n) is 4.73. The molecule has 0 aromatic rings. The van der Waals surface area contributed by atoms with E-state index >= 15 is 0 Å². The van der Waals surface area contributed by atoms with Crippen LogP contribution in [0.1, 0.15) is 58.3 Å². The van der Waals surface area contributed by atoms with Gasteiger partial charge in [-0.25, -0.2) is 0 Å². The Balaban J connectivity index is 2.10. The average Bonchev–Trinajstić information content (AvgIpc) is 2.25. The first-order valence-electron chi connectivity index (χ1n) is 6.22. The van der Waals surface area contributed by atoms with Crippen LogP contribution in [-0.2, 0) is 4.79 Å². The third kappa shape index (κ3) is 4.65. The first-order valence-corrected chi connectivity index (χ1v) is 6.22. The minimum atomic E-state index is 0.0647. The summed E-state index contributed by atoms with van der Waals surface area (Å²) >= 11 is 0. The Bertz CT molecular complexity index is 198. The molecule has 0 spiro atoms. The summed E-state index contributed by atoms with van der Waals surface area (Å²) in [6, 6.07) is 0. The van der Waals surface area contributed by atoms with Crippen LogP contribution in [0, 0.1) is 0 Å². The van der Waals surface area contributed by atoms with Gasteiger partial charge in [0.15, 0.2) is 0 Å². The van der Waals surface area contributed by atoms with Crippen LogP contribution in [0.2, 0.25) is 0 Å². The average molecular weight is 212 g/mol. The van der Waals surface area contributed by atoms with E-state index in [1.54, 1.807) is 0 Å². The van der Waals surface area contributed by atoms with Crippen LogP contribution >= 0.6 is 0 Å². The minimum Gasteiger partial charge on any atom is -0.356 e. The third-order valence-electron chi connectivity index (χ3n) is 3.34. The summed E-state index contributed by atoms with van der Waals surface area (Å²) in [5, 5.41) is 2.89. The van der Waals surface area contributed by atoms with E-state index in [-0.39, 0.29) is 11.4 Å². The molecule has 15 heavy (non-hydrogen) atoms. The summed E-state index contributed by atoms with van der Waals surface area (Å²) in [6.07, 6.45) is 8.86. The van der Waals surface area contributed by atoms with E-state index in [0.717, 1.165) is 32.2 Å². The SMILES string of the molecule is CCC(=O)NCCCC1(N)CCCCC1. The molecule has 3 N–H and O–H groups in total. The summed E-state index contributed by atoms with van der Waals surface area (Å²) in [7, 11) is 0. The zero-order valence-electron chi connectivity index (χ0n) is 9.85. The number of nitrogens with two attached hydrogens (primary N) is 1. The maximum atomic E-state index is 11.0. The van der Waals surface area contributed by atoms with Crippen molar-refractivity contribution in [3.8, 4) is 0 Å². The highest BCUT2D eigenvalue weighted by Gasteiger charge is 2.26. The fourth-order valence-corrected chi connectivity index (χ4v) is 2.30. The van der Waals surface area contributed by atoms with Crippen molar-refractivity contribution in [2.75, 3.05) is 6.54 Å². The molecule has 1 fully saturated rings. The van der Waals surface area contributed by atoms with Gasteiger partial charge in [-0.15, -0.1) is 0 Å². The molecule has 0 saturated heterocycles. The van der Waals surface area contributed by atoms with Gasteiger partial charge >= 0.3 is 0 Å². The summed E-state index contributed by atoms with van der Waals surface area (Å²) in [4.78, 5) is 11.0. The molecule has 0 aliphatic heterocycles. The molecule has 1 aliphatic rings. The maximum absolute atomic E-state index is 11.0. The van der Waals surface area contributed by atoms with E-state index < -0.39 is 0 Å². The fourth-order valence-electron chi connectivity index (χ4n) is 2.30. The monoisotopic (exact) mass is 212 g/mol. The molecule has 0 atom stereocenters. The summed E-state index contributed by atoms with van der Waals surface area (Å²) in [5.74, 6) is 0.143. The fraction of sp³-hybridized carbons (Fsp3) is 0.917. The Hall–Kier alpha value is -0.570. The summed E-state index contributed by atoms with van der Waals surface area (Å²) in [6.45, 7) is 2.66. The van der Waals surface area contributed by atoms with Crippen LogP contribution in [0.3, 0.4) is 0 Å². The number of hydrogen-bond donors (Lipinski definition) is 2. The van der Waals surface area contributed by atoms with Crippen molar-refractivity contribution in [2.24, 2.45) is 5.73 Å². The largest absolute Gasteiger partial charge is 0.356 e. The molecule has 0 aromatic carbocycles. The van der Waals surface area contributed by atoms with E-state index in [1.165, 1.54) is 19.3 Å². The number of amides is 1. The molecule has 0 radical (unpaired) electrons. The van der Waals surface area contributed by atoms with E-state index in [9.17, 15) is 4.79 Å². The number of carbonyl (C=O) groups is 1. The minimum absolute atomic E-state index is 0.0647. The highest BCUT2D eigenvalue weighted by atomic mass is 16.1. The van der Waals surface area contributed by atoms with Gasteiger partial charge in [0, 0.05) is 18.5 Å². The number of nitrogens with one attached hydrogen (secondary N) is 1. The molecular formula is C12H24N2O. The molecule has 3 heteroatoms. The number of rotatable bonds is 5. The second-order valence-corrected chi connectivity index (χ2v) is 4.73. The van der Waals surface area contributed by atoms with Gasteiger partial charge in [-0.3, -0.25) is 4.79 Å². The molecule has 1 rings (SSSR count). The van der Waals surface area contributed by atoms with Gasteiger partial charge in [0.05, 0.1) is 0 Å². The van der Waals surface area contributed by atoms with Gasteiger partial charge < -0.3 is 11.1 Å². The quantitative estimate of drug-likeness (QED) is 0.684. The van der Waals surface area contributed by atoms with Gasteiger partial charge in [0.2, 0.25) is 5.91 Å². The Labute approximate surface area is 92.8 Å². The third-order valence-corrected chi connectivity index (χ3v) is 3.34. The normalized spacial score (nSPS) is 19.9. The van der Waals surface area contributed by atoms with Gasteiger partial charge in [-0.2, -0.15) is 0 Å². The van der Waals surface area contributed by atoms with Crippen molar-refractivity contribution in [3.63, 3.8) is 0 Å². The maximum Gasteiger partial charge on any atom is 0.219 e. The predicted molar refractivity (Wildman–Crippen MR) is 62.5 cm³/mol. The van der Waals surface area contributed by atoms with Crippen LogP contribution < -0.4 is 11.1 Å². The molecule has 88 valence electrons. The zero-order chi connectivity index (χ0) is 11.1. The Morgan fingerprint density at radius 2 is 2.00 bits per heavy atom. The van der Waals surface area contributed by atoms with Crippen LogP contribution in [-0.4, -0.2) is 18.0 Å². The highest BCUT2D eigenvalue weighted by molar-refractivity contribution is 5.75. The lowest BCUT2D eigenvalue weighted by Gasteiger charge is -2.33. The Morgan fingerprint density at radius 3 is 2.60 bits per heavy atom. The van der Waals surface area contributed by atoms with Gasteiger partial charge in [0.25, 0.3) is 0 Å². The number of carbonyl (C=O) groups excluding carboxylic acids is 1.